The van der Waals surface area contributed by atoms with E-state index in [4.69, 9.17) is 29.5 Å². The lowest BCUT2D eigenvalue weighted by atomic mass is 9.81. The number of aliphatic hydroxyl groups is 3. The molecule has 0 spiro atoms. The van der Waals surface area contributed by atoms with Gasteiger partial charge in [-0.15, -0.1) is 11.3 Å². The highest BCUT2D eigenvalue weighted by molar-refractivity contribution is 7.19. The molecular weight excluding hydrogens is 832 g/mol. The van der Waals surface area contributed by atoms with Gasteiger partial charge in [0.25, 0.3) is 5.56 Å². The number of aliphatic hydroxyl groups excluding tert-OH is 3. The average Bonchev–Trinajstić information content (AvgIpc) is 3.85. The van der Waals surface area contributed by atoms with Gasteiger partial charge < -0.3 is 49.3 Å². The third-order valence-corrected chi connectivity index (χ3v) is 13.3. The molecule has 1 unspecified atom stereocenters. The number of esters is 1. The number of fused-ring (bicyclic) bond motifs is 6. The van der Waals surface area contributed by atoms with Crippen LogP contribution >= 0.6 is 11.3 Å². The summed E-state index contributed by atoms with van der Waals surface area (Å²) in [6.45, 7) is 3.36. The van der Waals surface area contributed by atoms with E-state index in [1.165, 1.54) is 23.5 Å². The van der Waals surface area contributed by atoms with Gasteiger partial charge in [-0.3, -0.25) is 9.59 Å². The lowest BCUT2D eigenvalue weighted by Gasteiger charge is -2.38. The van der Waals surface area contributed by atoms with E-state index in [1.807, 2.05) is 13.0 Å². The lowest BCUT2D eigenvalue weighted by Crippen LogP contribution is -2.61. The third-order valence-electron chi connectivity index (χ3n) is 12.1. The Hall–Kier alpha value is -6.15. The first kappa shape index (κ1) is 41.2. The third kappa shape index (κ3) is 6.79. The van der Waals surface area contributed by atoms with Crippen LogP contribution in [0.5, 0.6) is 5.75 Å². The van der Waals surface area contributed by atoms with Crippen molar-refractivity contribution in [3.8, 4) is 17.1 Å². The zero-order chi connectivity index (χ0) is 43.7. The van der Waals surface area contributed by atoms with Gasteiger partial charge in [0.15, 0.2) is 6.10 Å². The van der Waals surface area contributed by atoms with Crippen molar-refractivity contribution >= 4 is 50.4 Å². The number of alkyl carbamates (subject to hydrolysis) is 1. The molecular formula is C42H39FN6O12S. The van der Waals surface area contributed by atoms with Gasteiger partial charge in [0.05, 0.1) is 47.5 Å². The highest BCUT2D eigenvalue weighted by Crippen LogP contribution is 2.46. The van der Waals surface area contributed by atoms with Gasteiger partial charge >= 0.3 is 18.0 Å². The number of hydrogen-bond acceptors (Lipinski definition) is 14. The highest BCUT2D eigenvalue weighted by atomic mass is 32.1. The molecule has 1 fully saturated rings. The molecule has 0 saturated carbocycles. The number of azide groups is 1. The summed E-state index contributed by atoms with van der Waals surface area (Å²) in [4.78, 5) is 60.7. The van der Waals surface area contributed by atoms with Crippen LogP contribution in [0, 0.1) is 12.7 Å². The second kappa shape index (κ2) is 16.0. The van der Waals surface area contributed by atoms with Gasteiger partial charge in [0.1, 0.15) is 43.1 Å². The van der Waals surface area contributed by atoms with Crippen LogP contribution in [0.1, 0.15) is 82.0 Å². The minimum atomic E-state index is -1.92. The molecule has 4 aliphatic rings. The quantitative estimate of drug-likeness (QED) is 0.0525. The summed E-state index contributed by atoms with van der Waals surface area (Å²) in [5, 5.41) is 48.3. The van der Waals surface area contributed by atoms with Crippen molar-refractivity contribution in [3.05, 3.63) is 101 Å². The first-order chi connectivity index (χ1) is 29.8. The van der Waals surface area contributed by atoms with E-state index in [2.05, 4.69) is 15.3 Å². The number of amides is 1. The number of nitrogens with one attached hydrogen (secondary N) is 1. The van der Waals surface area contributed by atoms with E-state index in [1.54, 1.807) is 23.6 Å². The van der Waals surface area contributed by atoms with Crippen molar-refractivity contribution in [2.75, 3.05) is 0 Å². The number of nitrogens with zero attached hydrogens (tertiary/aromatic N) is 5. The number of ether oxygens (including phenoxy) is 4. The Labute approximate surface area is 354 Å². The highest BCUT2D eigenvalue weighted by Gasteiger charge is 2.48. The minimum absolute atomic E-state index is 0.0360. The van der Waals surface area contributed by atoms with Crippen molar-refractivity contribution in [3.63, 3.8) is 0 Å². The molecule has 1 amide bonds. The topological polar surface area (TPSA) is 265 Å². The van der Waals surface area contributed by atoms with Gasteiger partial charge in [-0.25, -0.2) is 19.0 Å². The maximum absolute atomic E-state index is 15.4. The van der Waals surface area contributed by atoms with Crippen LogP contribution in [-0.4, -0.2) is 78.7 Å². The van der Waals surface area contributed by atoms with Crippen LogP contribution in [0.4, 0.5) is 9.18 Å². The van der Waals surface area contributed by atoms with Crippen LogP contribution in [0.15, 0.2) is 40.2 Å². The van der Waals surface area contributed by atoms with Gasteiger partial charge in [-0.1, -0.05) is 24.5 Å². The monoisotopic (exact) mass is 870 g/mol. The Morgan fingerprint density at radius 3 is 2.69 bits per heavy atom. The first-order valence-corrected chi connectivity index (χ1v) is 20.8. The van der Waals surface area contributed by atoms with Crippen LogP contribution in [0.2, 0.25) is 0 Å². The number of carboxylic acids is 1. The van der Waals surface area contributed by atoms with E-state index < -0.39 is 66.5 Å². The Balaban J connectivity index is 1.02. The van der Waals surface area contributed by atoms with Crippen LogP contribution < -0.4 is 15.6 Å². The number of hydrogen-bond donors (Lipinski definition) is 5. The number of aromatic nitrogens is 2. The van der Waals surface area contributed by atoms with E-state index >= 15 is 4.39 Å². The summed E-state index contributed by atoms with van der Waals surface area (Å²) >= 11 is 1.21. The van der Waals surface area contributed by atoms with E-state index in [0.717, 1.165) is 5.56 Å². The smallest absolute Gasteiger partial charge is 0.407 e. The predicted molar refractivity (Wildman–Crippen MR) is 217 cm³/mol. The zero-order valence-electron chi connectivity index (χ0n) is 33.2. The summed E-state index contributed by atoms with van der Waals surface area (Å²) in [6.07, 6.45) is -7.99. The summed E-state index contributed by atoms with van der Waals surface area (Å²) in [5.74, 6) is -2.90. The maximum atomic E-state index is 15.4. The molecule has 5 N–H and O–H groups in total. The molecule has 18 nitrogen and oxygen atoms in total. The lowest BCUT2D eigenvalue weighted by molar-refractivity contribution is -0.270. The Bertz CT molecular complexity index is 2840. The molecule has 1 aliphatic carbocycles. The molecule has 3 aromatic heterocycles. The molecule has 20 heteroatoms. The average molecular weight is 871 g/mol. The number of halogens is 1. The normalized spacial score (nSPS) is 23.5. The van der Waals surface area contributed by atoms with Crippen LogP contribution in [-0.2, 0) is 56.5 Å². The minimum Gasteiger partial charge on any atom is -0.479 e. The second-order valence-corrected chi connectivity index (χ2v) is 16.9. The maximum Gasteiger partial charge on any atom is 0.407 e. The molecule has 322 valence electrons. The van der Waals surface area contributed by atoms with Crippen LogP contribution in [0.3, 0.4) is 0 Å². The number of benzene rings is 2. The van der Waals surface area contributed by atoms with Crippen molar-refractivity contribution < 1.29 is 58.1 Å². The Kier molecular flexibility index (Phi) is 10.6. The molecule has 2 aromatic carbocycles. The molecule has 7 atom stereocenters. The van der Waals surface area contributed by atoms with Gasteiger partial charge in [0, 0.05) is 42.5 Å². The van der Waals surface area contributed by atoms with Crippen LogP contribution in [0.25, 0.3) is 42.8 Å². The molecule has 1 saturated heterocycles. The number of carbonyl (C=O) groups is 3. The van der Waals surface area contributed by atoms with Crippen molar-refractivity contribution in [1.29, 1.82) is 0 Å². The number of pyridine rings is 2. The molecule has 62 heavy (non-hydrogen) atoms. The van der Waals surface area contributed by atoms with E-state index in [0.29, 0.717) is 96.3 Å². The number of carbonyl (C=O) groups excluding carboxylic acids is 2. The largest absolute Gasteiger partial charge is 0.479 e. The fourth-order valence-corrected chi connectivity index (χ4v) is 10.2. The summed E-state index contributed by atoms with van der Waals surface area (Å²) < 4.78 is 40.0. The molecule has 0 radical (unpaired) electrons. The summed E-state index contributed by atoms with van der Waals surface area (Å²) in [5.41, 5.74) is 14.1. The first-order valence-electron chi connectivity index (χ1n) is 19.9. The number of aryl methyl sites for hydroxylation is 1. The van der Waals surface area contributed by atoms with E-state index in [-0.39, 0.29) is 37.6 Å². The molecule has 6 heterocycles. The summed E-state index contributed by atoms with van der Waals surface area (Å²) in [7, 11) is 0. The SMILES string of the molecule is CCC[C@@H]1C(=O)OCc2c1cc1n(c2=O)Cc2c-1nc1cc(F)c(C)c3c1c2C(NC(=O)OCc1ccc(O[C@@H]2O[C@H](C(=O)O)[C@@H](O)[C@H](O)[C@H]2O)c2cc(CN=[N+]=[N-])sc12)CC3. The second-order valence-electron chi connectivity index (χ2n) is 15.7. The zero-order valence-corrected chi connectivity index (χ0v) is 34.0. The fourth-order valence-electron chi connectivity index (χ4n) is 9.10. The predicted octanol–water partition coefficient (Wildman–Crippen LogP) is 5.02. The molecule has 9 rings (SSSR count). The number of thiophene rings is 1. The standard InChI is InChI=1S/C42H39FN6O12S/c1-3-4-20-21-10-28-32-23(13-49(28)38(53)24(21)15-58-40(20)56)31-26(7-6-19-16(2)25(43)11-27(46-32)30(19)31)47-42(57)59-14-17-5-8-29(22-9-18(12-45-48-44)62-37(17)22)60-41-35(52)33(50)34(51)36(61-41)39(54)55/h5,8-11,20,26,33-36,41,50-52H,3-4,6-7,12-15H2,1-2H3,(H,47,57)(H,54,55)/t20-,26?,33-,34-,35+,36-,41+/m0/s1. The number of cyclic esters (lactones) is 1. The summed E-state index contributed by atoms with van der Waals surface area (Å²) in [6, 6.07) is 7.27. The van der Waals surface area contributed by atoms with Crippen molar-refractivity contribution in [1.82, 2.24) is 14.9 Å². The van der Waals surface area contributed by atoms with E-state index in [9.17, 15) is 39.6 Å². The number of rotatable bonds is 10. The van der Waals surface area contributed by atoms with Crippen molar-refractivity contribution in [2.45, 2.75) is 108 Å². The number of aliphatic carboxylic acids is 1. The van der Waals surface area contributed by atoms with Gasteiger partial charge in [0.2, 0.25) is 6.29 Å². The molecule has 0 bridgehead atoms. The van der Waals surface area contributed by atoms with Crippen molar-refractivity contribution in [2.24, 2.45) is 5.11 Å². The Morgan fingerprint density at radius 2 is 1.94 bits per heavy atom. The van der Waals surface area contributed by atoms with Gasteiger partial charge in [-0.05, 0) is 72.2 Å². The molecule has 5 aromatic rings. The Morgan fingerprint density at radius 1 is 1.13 bits per heavy atom. The number of carboxylic acid groups (broad SMARTS) is 1. The molecule has 3 aliphatic heterocycles. The fraction of sp³-hybridized carbons (Fsp3) is 0.405. The van der Waals surface area contributed by atoms with Gasteiger partial charge in [-0.2, -0.15) is 0 Å².